The normalized spacial score (nSPS) is 17.1. The summed E-state index contributed by atoms with van der Waals surface area (Å²) in [7, 11) is 1.29. The molecule has 2 aromatic heterocycles. The van der Waals surface area contributed by atoms with Crippen LogP contribution in [0.4, 0.5) is 0 Å². The number of piperidine rings is 1. The lowest BCUT2D eigenvalue weighted by atomic mass is 9.85. The molecule has 3 N–H and O–H groups in total. The highest BCUT2D eigenvalue weighted by Gasteiger charge is 2.44. The molecule has 1 aromatic carbocycles. The lowest BCUT2D eigenvalue weighted by Crippen LogP contribution is -2.64. The SMILES string of the molecule is COC(=O)c1ccc(C(=O)NC2(C(=O)N3CCc4c([nH]c5ccccc45)C3)CCNCC2)nc1. The molecule has 0 unspecified atom stereocenters. The molecule has 176 valence electrons. The number of methoxy groups -OCH3 is 1. The van der Waals surface area contributed by atoms with Crippen molar-refractivity contribution in [3.8, 4) is 0 Å². The molecule has 3 aromatic rings. The van der Waals surface area contributed by atoms with Crippen molar-refractivity contribution < 1.29 is 19.1 Å². The third kappa shape index (κ3) is 3.92. The number of amides is 2. The predicted molar refractivity (Wildman–Crippen MR) is 125 cm³/mol. The summed E-state index contributed by atoms with van der Waals surface area (Å²) in [5.74, 6) is -1.03. The van der Waals surface area contributed by atoms with E-state index < -0.39 is 17.4 Å². The highest BCUT2D eigenvalue weighted by molar-refractivity contribution is 5.99. The van der Waals surface area contributed by atoms with Crippen molar-refractivity contribution in [1.82, 2.24) is 25.5 Å². The first-order valence-electron chi connectivity index (χ1n) is 11.5. The number of nitrogens with zero attached hydrogens (tertiary/aromatic N) is 2. The van der Waals surface area contributed by atoms with Crippen molar-refractivity contribution in [1.29, 1.82) is 0 Å². The number of rotatable bonds is 4. The van der Waals surface area contributed by atoms with Gasteiger partial charge in [-0.05, 0) is 56.1 Å². The van der Waals surface area contributed by atoms with E-state index >= 15 is 0 Å². The van der Waals surface area contributed by atoms with Crippen molar-refractivity contribution in [2.75, 3.05) is 26.7 Å². The Hall–Kier alpha value is -3.72. The highest BCUT2D eigenvalue weighted by atomic mass is 16.5. The zero-order valence-electron chi connectivity index (χ0n) is 19.0. The number of fused-ring (bicyclic) bond motifs is 3. The average Bonchev–Trinajstić information content (AvgIpc) is 3.26. The van der Waals surface area contributed by atoms with Gasteiger partial charge in [0.25, 0.3) is 5.91 Å². The minimum absolute atomic E-state index is 0.0714. The number of nitrogens with one attached hydrogen (secondary N) is 3. The number of aromatic nitrogens is 2. The monoisotopic (exact) mass is 461 g/mol. The number of benzene rings is 1. The molecular weight excluding hydrogens is 434 g/mol. The van der Waals surface area contributed by atoms with Crippen LogP contribution in [-0.2, 0) is 22.5 Å². The van der Waals surface area contributed by atoms with E-state index in [1.54, 1.807) is 0 Å². The second kappa shape index (κ2) is 8.90. The van der Waals surface area contributed by atoms with Gasteiger partial charge in [0.2, 0.25) is 5.91 Å². The molecule has 2 amide bonds. The summed E-state index contributed by atoms with van der Waals surface area (Å²) in [4.78, 5) is 48.0. The fourth-order valence-electron chi connectivity index (χ4n) is 4.96. The van der Waals surface area contributed by atoms with Gasteiger partial charge in [-0.3, -0.25) is 14.6 Å². The number of carbonyl (C=O) groups is 3. The van der Waals surface area contributed by atoms with Gasteiger partial charge in [-0.25, -0.2) is 4.79 Å². The molecule has 34 heavy (non-hydrogen) atoms. The summed E-state index contributed by atoms with van der Waals surface area (Å²) < 4.78 is 4.68. The van der Waals surface area contributed by atoms with Gasteiger partial charge in [-0.1, -0.05) is 18.2 Å². The molecule has 0 bridgehead atoms. The lowest BCUT2D eigenvalue weighted by Gasteiger charge is -2.41. The van der Waals surface area contributed by atoms with Gasteiger partial charge in [0.05, 0.1) is 19.2 Å². The van der Waals surface area contributed by atoms with Gasteiger partial charge in [-0.15, -0.1) is 0 Å². The molecule has 0 saturated carbocycles. The van der Waals surface area contributed by atoms with Gasteiger partial charge in [0.1, 0.15) is 11.2 Å². The number of ether oxygens (including phenoxy) is 1. The minimum atomic E-state index is -1.01. The fourth-order valence-corrected chi connectivity index (χ4v) is 4.96. The Morgan fingerprint density at radius 3 is 2.65 bits per heavy atom. The number of esters is 1. The maximum absolute atomic E-state index is 13.8. The standard InChI is InChI=1S/C25H27N5O4/c1-34-23(32)16-6-7-20(27-14-16)22(31)29-25(9-11-26-12-10-25)24(33)30-13-8-18-17-4-2-3-5-19(17)28-21(18)15-30/h2-7,14,26,28H,8-13,15H2,1H3,(H,29,31). The van der Waals surface area contributed by atoms with E-state index in [-0.39, 0.29) is 17.2 Å². The van der Waals surface area contributed by atoms with Gasteiger partial charge in [0.15, 0.2) is 0 Å². The van der Waals surface area contributed by atoms with E-state index in [0.717, 1.165) is 17.6 Å². The third-order valence-electron chi connectivity index (χ3n) is 6.81. The molecule has 5 rings (SSSR count). The summed E-state index contributed by atoms with van der Waals surface area (Å²) in [5, 5.41) is 7.48. The largest absolute Gasteiger partial charge is 0.465 e. The molecule has 2 aliphatic heterocycles. The van der Waals surface area contributed by atoms with Gasteiger partial charge >= 0.3 is 5.97 Å². The maximum atomic E-state index is 13.8. The predicted octanol–water partition coefficient (Wildman–Crippen LogP) is 1.79. The highest BCUT2D eigenvalue weighted by Crippen LogP contribution is 2.30. The Balaban J connectivity index is 1.37. The van der Waals surface area contributed by atoms with Crippen LogP contribution in [-0.4, -0.2) is 64.9 Å². The second-order valence-electron chi connectivity index (χ2n) is 8.81. The molecule has 4 heterocycles. The number of hydrogen-bond donors (Lipinski definition) is 3. The molecule has 1 saturated heterocycles. The number of H-pyrrole nitrogens is 1. The molecule has 9 heteroatoms. The Kier molecular flexibility index (Phi) is 5.79. The van der Waals surface area contributed by atoms with Crippen molar-refractivity contribution in [3.05, 3.63) is 65.1 Å². The second-order valence-corrected chi connectivity index (χ2v) is 8.81. The third-order valence-corrected chi connectivity index (χ3v) is 6.81. The van der Waals surface area contributed by atoms with Crippen LogP contribution in [0.1, 0.15) is 44.9 Å². The Labute approximate surface area is 196 Å². The van der Waals surface area contributed by atoms with Gasteiger partial charge < -0.3 is 25.3 Å². The summed E-state index contributed by atoms with van der Waals surface area (Å²) in [6, 6.07) is 11.1. The first kappa shape index (κ1) is 22.1. The van der Waals surface area contributed by atoms with E-state index in [2.05, 4.69) is 31.4 Å². The van der Waals surface area contributed by atoms with Crippen LogP contribution in [0.5, 0.6) is 0 Å². The van der Waals surface area contributed by atoms with Crippen LogP contribution in [0.2, 0.25) is 0 Å². The maximum Gasteiger partial charge on any atom is 0.339 e. The van der Waals surface area contributed by atoms with Crippen LogP contribution < -0.4 is 10.6 Å². The molecule has 0 aliphatic carbocycles. The number of hydrogen-bond acceptors (Lipinski definition) is 6. The molecule has 2 aliphatic rings. The van der Waals surface area contributed by atoms with E-state index in [4.69, 9.17) is 0 Å². The smallest absolute Gasteiger partial charge is 0.339 e. The first-order valence-corrected chi connectivity index (χ1v) is 11.5. The molecule has 9 nitrogen and oxygen atoms in total. The topological polar surface area (TPSA) is 116 Å². The van der Waals surface area contributed by atoms with Crippen molar-refractivity contribution >= 4 is 28.7 Å². The molecule has 0 spiro atoms. The summed E-state index contributed by atoms with van der Waals surface area (Å²) in [6.07, 6.45) is 3.06. The fraction of sp³-hybridized carbons (Fsp3) is 0.360. The van der Waals surface area contributed by atoms with Crippen LogP contribution >= 0.6 is 0 Å². The first-order chi connectivity index (χ1) is 16.5. The van der Waals surface area contributed by atoms with E-state index in [9.17, 15) is 14.4 Å². The molecule has 1 fully saturated rings. The van der Waals surface area contributed by atoms with Crippen molar-refractivity contribution in [3.63, 3.8) is 0 Å². The van der Waals surface area contributed by atoms with Gasteiger partial charge in [-0.2, -0.15) is 0 Å². The Bertz CT molecular complexity index is 1240. The number of aromatic amines is 1. The minimum Gasteiger partial charge on any atom is -0.465 e. The quantitative estimate of drug-likeness (QED) is 0.510. The lowest BCUT2D eigenvalue weighted by molar-refractivity contribution is -0.140. The number of carbonyl (C=O) groups excluding carboxylic acids is 3. The van der Waals surface area contributed by atoms with Crippen molar-refractivity contribution in [2.45, 2.75) is 31.3 Å². The van der Waals surface area contributed by atoms with Crippen LogP contribution in [0, 0.1) is 0 Å². The Morgan fingerprint density at radius 2 is 1.91 bits per heavy atom. The Morgan fingerprint density at radius 1 is 1.12 bits per heavy atom. The molecule has 0 radical (unpaired) electrons. The summed E-state index contributed by atoms with van der Waals surface area (Å²) in [6.45, 7) is 2.35. The van der Waals surface area contributed by atoms with Crippen LogP contribution in [0.15, 0.2) is 42.6 Å². The van der Waals surface area contributed by atoms with E-state index in [1.165, 1.54) is 36.4 Å². The van der Waals surface area contributed by atoms with E-state index in [0.29, 0.717) is 39.0 Å². The van der Waals surface area contributed by atoms with E-state index in [1.807, 2.05) is 23.1 Å². The summed E-state index contributed by atoms with van der Waals surface area (Å²) in [5.41, 5.74) is 2.79. The average molecular weight is 462 g/mol. The zero-order chi connectivity index (χ0) is 23.7. The van der Waals surface area contributed by atoms with Gasteiger partial charge in [0, 0.05) is 29.3 Å². The number of para-hydroxylation sites is 1. The molecule has 0 atom stereocenters. The summed E-state index contributed by atoms with van der Waals surface area (Å²) >= 11 is 0. The van der Waals surface area contributed by atoms with Crippen LogP contribution in [0.3, 0.4) is 0 Å². The van der Waals surface area contributed by atoms with Crippen LogP contribution in [0.25, 0.3) is 10.9 Å². The molecular formula is C25H27N5O4. The zero-order valence-corrected chi connectivity index (χ0v) is 19.0. The van der Waals surface area contributed by atoms with Crippen molar-refractivity contribution in [2.24, 2.45) is 0 Å². The number of pyridine rings is 1.